The Balaban J connectivity index is 1.80. The molecule has 2 saturated heterocycles. The van der Waals surface area contributed by atoms with Gasteiger partial charge in [0.2, 0.25) is 0 Å². The van der Waals surface area contributed by atoms with E-state index in [1.165, 1.54) is 6.07 Å². The second-order valence-electron chi connectivity index (χ2n) is 6.72. The molecule has 23 heavy (non-hydrogen) atoms. The van der Waals surface area contributed by atoms with Crippen molar-refractivity contribution in [2.24, 2.45) is 5.41 Å². The number of hydrogen-bond acceptors (Lipinski definition) is 5. The van der Waals surface area contributed by atoms with E-state index in [0.717, 1.165) is 32.4 Å². The number of piperidine rings is 1. The number of hydrogen-bond donors (Lipinski definition) is 2. The van der Waals surface area contributed by atoms with Crippen LogP contribution < -0.4 is 11.1 Å². The maximum Gasteiger partial charge on any atom is 0.293 e. The molecule has 2 fully saturated rings. The quantitative estimate of drug-likeness (QED) is 0.491. The maximum atomic E-state index is 12.8. The van der Waals surface area contributed by atoms with Gasteiger partial charge in [0, 0.05) is 25.7 Å². The monoisotopic (exact) mass is 318 g/mol. The van der Waals surface area contributed by atoms with Gasteiger partial charge in [-0.1, -0.05) is 0 Å². The Labute approximate surface area is 135 Å². The number of amides is 1. The van der Waals surface area contributed by atoms with Crippen molar-refractivity contribution in [3.63, 3.8) is 0 Å². The highest BCUT2D eigenvalue weighted by molar-refractivity contribution is 6.01. The Bertz CT molecular complexity index is 643. The lowest BCUT2D eigenvalue weighted by Crippen LogP contribution is -2.44. The van der Waals surface area contributed by atoms with Gasteiger partial charge in [-0.25, -0.2) is 0 Å². The minimum absolute atomic E-state index is 0.0339. The zero-order chi connectivity index (χ0) is 16.6. The smallest absolute Gasteiger partial charge is 0.293 e. The van der Waals surface area contributed by atoms with E-state index in [1.54, 1.807) is 17.9 Å². The molecule has 124 valence electrons. The van der Waals surface area contributed by atoms with Gasteiger partial charge in [0.05, 0.1) is 10.5 Å². The predicted octanol–water partition coefficient (Wildman–Crippen LogP) is 1.70. The van der Waals surface area contributed by atoms with Crippen LogP contribution in [0.25, 0.3) is 0 Å². The van der Waals surface area contributed by atoms with Crippen molar-refractivity contribution in [2.45, 2.75) is 26.2 Å². The predicted molar refractivity (Wildman–Crippen MR) is 87.3 cm³/mol. The molecule has 0 aliphatic carbocycles. The summed E-state index contributed by atoms with van der Waals surface area (Å²) < 4.78 is 0. The summed E-state index contributed by atoms with van der Waals surface area (Å²) in [5, 5.41) is 14.5. The van der Waals surface area contributed by atoms with Crippen molar-refractivity contribution < 1.29 is 9.72 Å². The fourth-order valence-electron chi connectivity index (χ4n) is 3.68. The van der Waals surface area contributed by atoms with E-state index < -0.39 is 4.92 Å². The zero-order valence-corrected chi connectivity index (χ0v) is 13.3. The summed E-state index contributed by atoms with van der Waals surface area (Å²) in [6.45, 7) is 5.17. The molecule has 7 heteroatoms. The third-order valence-electron chi connectivity index (χ3n) is 5.17. The SMILES string of the molecule is Cc1cc(C(=O)N2CCC3(CCNC3)CC2)c(N)c([N+](=O)[O-])c1. The number of nitro benzene ring substituents is 1. The van der Waals surface area contributed by atoms with Crippen LogP contribution in [-0.4, -0.2) is 41.9 Å². The number of anilines is 1. The van der Waals surface area contributed by atoms with Crippen LogP contribution in [0.15, 0.2) is 12.1 Å². The highest BCUT2D eigenvalue weighted by atomic mass is 16.6. The molecule has 7 nitrogen and oxygen atoms in total. The van der Waals surface area contributed by atoms with Crippen LogP contribution in [0.3, 0.4) is 0 Å². The third-order valence-corrected chi connectivity index (χ3v) is 5.17. The Kier molecular flexibility index (Phi) is 3.97. The fraction of sp³-hybridized carbons (Fsp3) is 0.562. The average Bonchev–Trinajstić information content (AvgIpc) is 2.97. The van der Waals surface area contributed by atoms with Crippen molar-refractivity contribution in [1.29, 1.82) is 0 Å². The Morgan fingerprint density at radius 1 is 1.35 bits per heavy atom. The van der Waals surface area contributed by atoms with Crippen molar-refractivity contribution in [3.8, 4) is 0 Å². The van der Waals surface area contributed by atoms with Crippen molar-refractivity contribution in [2.75, 3.05) is 31.9 Å². The molecule has 1 amide bonds. The largest absolute Gasteiger partial charge is 0.393 e. The molecule has 0 radical (unpaired) electrons. The Hall–Kier alpha value is -2.15. The summed E-state index contributed by atoms with van der Waals surface area (Å²) in [6, 6.07) is 3.05. The number of nitrogens with two attached hydrogens (primary N) is 1. The molecule has 0 bridgehead atoms. The summed E-state index contributed by atoms with van der Waals surface area (Å²) in [5.74, 6) is -0.199. The third kappa shape index (κ3) is 2.88. The number of carbonyl (C=O) groups is 1. The Morgan fingerprint density at radius 2 is 2.04 bits per heavy atom. The van der Waals surface area contributed by atoms with E-state index in [9.17, 15) is 14.9 Å². The lowest BCUT2D eigenvalue weighted by Gasteiger charge is -2.39. The number of benzene rings is 1. The summed E-state index contributed by atoms with van der Waals surface area (Å²) in [7, 11) is 0. The summed E-state index contributed by atoms with van der Waals surface area (Å²) >= 11 is 0. The zero-order valence-electron chi connectivity index (χ0n) is 13.3. The number of aryl methyl sites for hydroxylation is 1. The van der Waals surface area contributed by atoms with Crippen molar-refractivity contribution >= 4 is 17.3 Å². The van der Waals surface area contributed by atoms with E-state index in [4.69, 9.17) is 5.73 Å². The van der Waals surface area contributed by atoms with E-state index in [-0.39, 0.29) is 22.8 Å². The molecule has 0 saturated carbocycles. The molecule has 3 rings (SSSR count). The van der Waals surface area contributed by atoms with Crippen LogP contribution in [0.1, 0.15) is 35.2 Å². The minimum Gasteiger partial charge on any atom is -0.393 e. The molecule has 3 N–H and O–H groups in total. The second kappa shape index (κ2) is 5.81. The first-order valence-corrected chi connectivity index (χ1v) is 7.96. The van der Waals surface area contributed by atoms with Crippen LogP contribution in [-0.2, 0) is 0 Å². The molecule has 2 aliphatic rings. The Morgan fingerprint density at radius 3 is 2.61 bits per heavy atom. The number of nitrogens with zero attached hydrogens (tertiary/aromatic N) is 2. The second-order valence-corrected chi connectivity index (χ2v) is 6.72. The molecular weight excluding hydrogens is 296 g/mol. The summed E-state index contributed by atoms with van der Waals surface area (Å²) in [6.07, 6.45) is 3.10. The van der Waals surface area contributed by atoms with Gasteiger partial charge < -0.3 is 16.0 Å². The average molecular weight is 318 g/mol. The van der Waals surface area contributed by atoms with Gasteiger partial charge in [-0.2, -0.15) is 0 Å². The van der Waals surface area contributed by atoms with E-state index in [2.05, 4.69) is 5.32 Å². The van der Waals surface area contributed by atoms with E-state index in [0.29, 0.717) is 24.1 Å². The molecule has 1 aromatic rings. The first-order chi connectivity index (χ1) is 10.9. The molecule has 2 heterocycles. The molecule has 2 aliphatic heterocycles. The van der Waals surface area contributed by atoms with Gasteiger partial charge in [0.25, 0.3) is 11.6 Å². The van der Waals surface area contributed by atoms with Crippen LogP contribution in [0.5, 0.6) is 0 Å². The van der Waals surface area contributed by atoms with Crippen LogP contribution in [0.2, 0.25) is 0 Å². The van der Waals surface area contributed by atoms with Crippen LogP contribution >= 0.6 is 0 Å². The van der Waals surface area contributed by atoms with Crippen molar-refractivity contribution in [3.05, 3.63) is 33.4 Å². The standard InChI is InChI=1S/C16H22N4O3/c1-11-8-12(14(17)13(9-11)20(22)23)15(21)19-6-3-16(4-7-19)2-5-18-10-16/h8-9,18H,2-7,10,17H2,1H3. The molecule has 1 aromatic carbocycles. The fourth-order valence-corrected chi connectivity index (χ4v) is 3.68. The molecule has 0 aromatic heterocycles. The molecule has 0 atom stereocenters. The number of nitrogens with one attached hydrogen (secondary N) is 1. The van der Waals surface area contributed by atoms with Crippen LogP contribution in [0, 0.1) is 22.5 Å². The topological polar surface area (TPSA) is 102 Å². The van der Waals surface area contributed by atoms with Gasteiger partial charge in [-0.15, -0.1) is 0 Å². The molecule has 1 spiro atoms. The minimum atomic E-state index is -0.533. The number of rotatable bonds is 2. The van der Waals surface area contributed by atoms with E-state index in [1.807, 2.05) is 0 Å². The van der Waals surface area contributed by atoms with Gasteiger partial charge in [-0.3, -0.25) is 14.9 Å². The lowest BCUT2D eigenvalue weighted by molar-refractivity contribution is -0.384. The van der Waals surface area contributed by atoms with Gasteiger partial charge >= 0.3 is 0 Å². The molecule has 0 unspecified atom stereocenters. The van der Waals surface area contributed by atoms with Crippen LogP contribution in [0.4, 0.5) is 11.4 Å². The maximum absolute atomic E-state index is 12.8. The van der Waals surface area contributed by atoms with E-state index >= 15 is 0 Å². The first kappa shape index (κ1) is 15.7. The van der Waals surface area contributed by atoms with Gasteiger partial charge in [0.15, 0.2) is 0 Å². The highest BCUT2D eigenvalue weighted by Crippen LogP contribution is 2.38. The number of likely N-dealkylation sites (tertiary alicyclic amines) is 1. The highest BCUT2D eigenvalue weighted by Gasteiger charge is 2.38. The van der Waals surface area contributed by atoms with Gasteiger partial charge in [-0.05, 0) is 49.8 Å². The number of carbonyl (C=O) groups excluding carboxylic acids is 1. The van der Waals surface area contributed by atoms with Gasteiger partial charge in [0.1, 0.15) is 5.69 Å². The normalized spacial score (nSPS) is 20.0. The van der Waals surface area contributed by atoms with Crippen molar-refractivity contribution in [1.82, 2.24) is 10.2 Å². The lowest BCUT2D eigenvalue weighted by atomic mass is 9.77. The first-order valence-electron chi connectivity index (χ1n) is 7.96. The summed E-state index contributed by atoms with van der Waals surface area (Å²) in [5.41, 5.74) is 6.89. The number of nitro groups is 1. The number of nitrogen functional groups attached to an aromatic ring is 1. The molecular formula is C16H22N4O3. The summed E-state index contributed by atoms with van der Waals surface area (Å²) in [4.78, 5) is 25.1.